The van der Waals surface area contributed by atoms with Gasteiger partial charge in [0.05, 0.1) is 18.1 Å². The molecule has 10 heteroatoms. The summed E-state index contributed by atoms with van der Waals surface area (Å²) >= 11 is 0. The highest BCUT2D eigenvalue weighted by molar-refractivity contribution is 5.71. The van der Waals surface area contributed by atoms with Crippen LogP contribution in [-0.2, 0) is 16.0 Å². The fraction of sp³-hybridized carbons (Fsp3) is 0.524. The minimum absolute atomic E-state index is 0.0465. The molecule has 0 aliphatic carbocycles. The molecule has 2 fully saturated rings. The fourth-order valence-electron chi connectivity index (χ4n) is 3.97. The number of hydrogen-bond acceptors (Lipinski definition) is 9. The Balaban J connectivity index is 1.43. The molecule has 0 N–H and O–H groups in total. The Labute approximate surface area is 181 Å². The van der Waals surface area contributed by atoms with Crippen molar-refractivity contribution in [1.29, 1.82) is 0 Å². The molecule has 0 unspecified atom stereocenters. The van der Waals surface area contributed by atoms with E-state index >= 15 is 0 Å². The SMILES string of the molecule is CN(CCC1OCCO1)c1ncnc(N2CCN(Cc3ccccc3)CC2)c1[N+](=O)[O-]. The number of rotatable bonds is 8. The minimum Gasteiger partial charge on any atom is -0.354 e. The zero-order valence-corrected chi connectivity index (χ0v) is 17.7. The van der Waals surface area contributed by atoms with E-state index < -0.39 is 0 Å². The number of benzene rings is 1. The van der Waals surface area contributed by atoms with Crippen molar-refractivity contribution in [3.63, 3.8) is 0 Å². The Hall–Kier alpha value is -2.82. The van der Waals surface area contributed by atoms with Crippen LogP contribution in [0.2, 0.25) is 0 Å². The van der Waals surface area contributed by atoms with Gasteiger partial charge < -0.3 is 19.3 Å². The molecule has 2 aliphatic heterocycles. The molecule has 0 saturated carbocycles. The van der Waals surface area contributed by atoms with Crippen LogP contribution in [0.15, 0.2) is 36.7 Å². The second-order valence-corrected chi connectivity index (χ2v) is 7.76. The van der Waals surface area contributed by atoms with Gasteiger partial charge in [-0.1, -0.05) is 30.3 Å². The minimum atomic E-state index is -0.375. The molecule has 10 nitrogen and oxygen atoms in total. The summed E-state index contributed by atoms with van der Waals surface area (Å²) in [6.45, 7) is 5.57. The summed E-state index contributed by atoms with van der Waals surface area (Å²) in [4.78, 5) is 26.2. The van der Waals surface area contributed by atoms with Crippen LogP contribution in [0.4, 0.5) is 17.3 Å². The predicted octanol–water partition coefficient (Wildman–Crippen LogP) is 1.91. The molecule has 3 heterocycles. The smallest absolute Gasteiger partial charge is 0.353 e. The highest BCUT2D eigenvalue weighted by Crippen LogP contribution is 2.34. The average Bonchev–Trinajstić information content (AvgIpc) is 3.32. The maximum Gasteiger partial charge on any atom is 0.353 e. The summed E-state index contributed by atoms with van der Waals surface area (Å²) in [5.74, 6) is 0.703. The standard InChI is InChI=1S/C21H28N6O4/c1-24(8-7-18-30-13-14-31-18)20-19(27(28)29)21(23-16-22-20)26-11-9-25(10-12-26)15-17-5-3-2-4-6-17/h2-6,16,18H,7-15H2,1H3. The van der Waals surface area contributed by atoms with E-state index in [1.807, 2.05) is 23.1 Å². The molecule has 2 saturated heterocycles. The van der Waals surface area contributed by atoms with E-state index in [1.54, 1.807) is 11.9 Å². The van der Waals surface area contributed by atoms with E-state index in [-0.39, 0.29) is 16.9 Å². The van der Waals surface area contributed by atoms with Gasteiger partial charge in [0.15, 0.2) is 6.29 Å². The van der Waals surface area contributed by atoms with Gasteiger partial charge in [-0.25, -0.2) is 9.97 Å². The quantitative estimate of drug-likeness (QED) is 0.461. The van der Waals surface area contributed by atoms with Crippen LogP contribution in [0.5, 0.6) is 0 Å². The van der Waals surface area contributed by atoms with Crippen molar-refractivity contribution in [3.05, 3.63) is 52.3 Å². The highest BCUT2D eigenvalue weighted by Gasteiger charge is 2.31. The summed E-state index contributed by atoms with van der Waals surface area (Å²) in [6.07, 6.45) is 1.76. The van der Waals surface area contributed by atoms with Crippen LogP contribution in [0.3, 0.4) is 0 Å². The van der Waals surface area contributed by atoms with Crippen molar-refractivity contribution < 1.29 is 14.4 Å². The van der Waals surface area contributed by atoms with E-state index in [0.717, 1.165) is 19.6 Å². The largest absolute Gasteiger partial charge is 0.354 e. The van der Waals surface area contributed by atoms with Gasteiger partial charge in [0.25, 0.3) is 0 Å². The number of hydrogen-bond donors (Lipinski definition) is 0. The molecular weight excluding hydrogens is 400 g/mol. The molecule has 4 rings (SSSR count). The zero-order valence-electron chi connectivity index (χ0n) is 17.7. The first-order chi connectivity index (χ1) is 15.1. The van der Waals surface area contributed by atoms with E-state index in [1.165, 1.54) is 11.9 Å². The van der Waals surface area contributed by atoms with Crippen LogP contribution in [0.25, 0.3) is 0 Å². The van der Waals surface area contributed by atoms with Crippen LogP contribution in [0.1, 0.15) is 12.0 Å². The summed E-state index contributed by atoms with van der Waals surface area (Å²) in [5.41, 5.74) is 1.22. The number of ether oxygens (including phenoxy) is 2. The highest BCUT2D eigenvalue weighted by atomic mass is 16.7. The first-order valence-electron chi connectivity index (χ1n) is 10.6. The lowest BCUT2D eigenvalue weighted by Crippen LogP contribution is -2.46. The fourth-order valence-corrected chi connectivity index (χ4v) is 3.97. The molecule has 0 spiro atoms. The molecule has 1 aromatic carbocycles. The Morgan fingerprint density at radius 2 is 1.84 bits per heavy atom. The van der Waals surface area contributed by atoms with Gasteiger partial charge in [-0.15, -0.1) is 0 Å². The molecule has 1 aromatic heterocycles. The van der Waals surface area contributed by atoms with Gasteiger partial charge in [-0.2, -0.15) is 0 Å². The lowest BCUT2D eigenvalue weighted by Gasteiger charge is -2.35. The van der Waals surface area contributed by atoms with Crippen molar-refractivity contribution in [3.8, 4) is 0 Å². The Morgan fingerprint density at radius 1 is 1.13 bits per heavy atom. The van der Waals surface area contributed by atoms with Crippen molar-refractivity contribution in [2.45, 2.75) is 19.3 Å². The molecular formula is C21H28N6O4. The maximum atomic E-state index is 12.0. The molecule has 0 atom stereocenters. The van der Waals surface area contributed by atoms with E-state index in [0.29, 0.717) is 50.9 Å². The lowest BCUT2D eigenvalue weighted by atomic mass is 10.2. The lowest BCUT2D eigenvalue weighted by molar-refractivity contribution is -0.383. The van der Waals surface area contributed by atoms with Crippen LogP contribution < -0.4 is 9.80 Å². The van der Waals surface area contributed by atoms with Crippen LogP contribution in [0, 0.1) is 10.1 Å². The van der Waals surface area contributed by atoms with E-state index in [4.69, 9.17) is 9.47 Å². The topological polar surface area (TPSA) is 97.1 Å². The first-order valence-corrected chi connectivity index (χ1v) is 10.6. The second kappa shape index (κ2) is 9.99. The number of nitro groups is 1. The zero-order chi connectivity index (χ0) is 21.6. The normalized spacial score (nSPS) is 17.8. The van der Waals surface area contributed by atoms with Crippen molar-refractivity contribution in [1.82, 2.24) is 14.9 Å². The van der Waals surface area contributed by atoms with Gasteiger partial charge in [-0.3, -0.25) is 15.0 Å². The third kappa shape index (κ3) is 5.27. The van der Waals surface area contributed by atoms with Gasteiger partial charge >= 0.3 is 5.69 Å². The second-order valence-electron chi connectivity index (χ2n) is 7.76. The van der Waals surface area contributed by atoms with E-state index in [2.05, 4.69) is 27.0 Å². The Bertz CT molecular complexity index is 869. The Kier molecular flexibility index (Phi) is 6.90. The van der Waals surface area contributed by atoms with Crippen LogP contribution >= 0.6 is 0 Å². The van der Waals surface area contributed by atoms with Gasteiger partial charge in [-0.05, 0) is 5.56 Å². The van der Waals surface area contributed by atoms with Gasteiger partial charge in [0.1, 0.15) is 6.33 Å². The molecule has 0 amide bonds. The van der Waals surface area contributed by atoms with Gasteiger partial charge in [0.2, 0.25) is 11.6 Å². The van der Waals surface area contributed by atoms with Gasteiger partial charge in [0, 0.05) is 52.7 Å². The Morgan fingerprint density at radius 3 is 2.52 bits per heavy atom. The summed E-state index contributed by atoms with van der Waals surface area (Å²) < 4.78 is 10.9. The number of aromatic nitrogens is 2. The third-order valence-corrected chi connectivity index (χ3v) is 5.64. The van der Waals surface area contributed by atoms with Crippen molar-refractivity contribution in [2.75, 3.05) is 62.8 Å². The maximum absolute atomic E-state index is 12.0. The molecule has 2 aliphatic rings. The van der Waals surface area contributed by atoms with Crippen LogP contribution in [-0.4, -0.2) is 79.1 Å². The average molecular weight is 428 g/mol. The monoisotopic (exact) mass is 428 g/mol. The summed E-state index contributed by atoms with van der Waals surface area (Å²) in [7, 11) is 1.80. The number of anilines is 2. The third-order valence-electron chi connectivity index (χ3n) is 5.64. The molecule has 0 radical (unpaired) electrons. The molecule has 166 valence electrons. The van der Waals surface area contributed by atoms with Crippen molar-refractivity contribution in [2.24, 2.45) is 0 Å². The molecule has 31 heavy (non-hydrogen) atoms. The van der Waals surface area contributed by atoms with E-state index in [9.17, 15) is 10.1 Å². The molecule has 2 aromatic rings. The summed E-state index contributed by atoms with van der Waals surface area (Å²) in [6, 6.07) is 10.3. The summed E-state index contributed by atoms with van der Waals surface area (Å²) in [5, 5.41) is 12.0. The molecule has 0 bridgehead atoms. The number of nitrogens with zero attached hydrogens (tertiary/aromatic N) is 6. The number of piperazine rings is 1. The first kappa shape index (κ1) is 21.4. The predicted molar refractivity (Wildman–Crippen MR) is 116 cm³/mol. The van der Waals surface area contributed by atoms with Crippen molar-refractivity contribution >= 4 is 17.3 Å².